The molecule has 0 aliphatic carbocycles. The highest BCUT2D eigenvalue weighted by Crippen LogP contribution is 2.35. The molecule has 3 aromatic carbocycles. The zero-order valence-corrected chi connectivity index (χ0v) is 26.4. The van der Waals surface area contributed by atoms with Crippen LogP contribution in [0.5, 0.6) is 0 Å². The van der Waals surface area contributed by atoms with Gasteiger partial charge < -0.3 is 13.9 Å². The van der Waals surface area contributed by atoms with Gasteiger partial charge in [0.05, 0.1) is 11.2 Å². The molecule has 0 unspecified atom stereocenters. The van der Waals surface area contributed by atoms with Crippen molar-refractivity contribution in [2.75, 3.05) is 6.54 Å². The number of amides is 1. The number of aromatic nitrogens is 3. The summed E-state index contributed by atoms with van der Waals surface area (Å²) >= 11 is 0. The maximum Gasteiger partial charge on any atom is 0.419 e. The van der Waals surface area contributed by atoms with E-state index in [-0.39, 0.29) is 18.4 Å². The first kappa shape index (κ1) is 30.8. The molecule has 5 aromatic rings. The maximum atomic E-state index is 13.5. The molecule has 0 radical (unpaired) electrons. The molecule has 2 aromatic heterocycles. The first-order valence-corrected chi connectivity index (χ1v) is 15.3. The Labute approximate surface area is 266 Å². The molecule has 0 N–H and O–H groups in total. The predicted octanol–water partition coefficient (Wildman–Crippen LogP) is 7.75. The van der Waals surface area contributed by atoms with Crippen LogP contribution in [0.2, 0.25) is 0 Å². The van der Waals surface area contributed by atoms with Gasteiger partial charge in [-0.05, 0) is 81.5 Å². The van der Waals surface area contributed by atoms with Gasteiger partial charge in [-0.15, -0.1) is 10.2 Å². The molecular weight excluding hydrogens is 584 g/mol. The van der Waals surface area contributed by atoms with E-state index in [1.165, 1.54) is 0 Å². The molecule has 10 nitrogen and oxygen atoms in total. The highest BCUT2D eigenvalue weighted by atomic mass is 16.6. The fourth-order valence-electron chi connectivity index (χ4n) is 5.68. The fraction of sp³-hybridized carbons (Fsp3) is 0.306. The van der Waals surface area contributed by atoms with Crippen LogP contribution in [-0.2, 0) is 27.3 Å². The Bertz CT molecular complexity index is 1890. The Hall–Kier alpha value is -5.25. The van der Waals surface area contributed by atoms with Gasteiger partial charge in [0.1, 0.15) is 24.0 Å². The van der Waals surface area contributed by atoms with Gasteiger partial charge in [-0.3, -0.25) is 9.69 Å². The lowest BCUT2D eigenvalue weighted by Crippen LogP contribution is -2.31. The quantitative estimate of drug-likeness (QED) is 0.181. The van der Waals surface area contributed by atoms with Crippen molar-refractivity contribution in [1.82, 2.24) is 19.7 Å². The summed E-state index contributed by atoms with van der Waals surface area (Å²) in [5.74, 6) is 0.736. The number of hydrogen-bond acceptors (Lipinski definition) is 8. The van der Waals surface area contributed by atoms with Gasteiger partial charge in [-0.1, -0.05) is 54.6 Å². The van der Waals surface area contributed by atoms with Gasteiger partial charge in [-0.25, -0.2) is 14.2 Å². The Morgan fingerprint density at radius 3 is 2.35 bits per heavy atom. The highest BCUT2D eigenvalue weighted by molar-refractivity contribution is 5.97. The summed E-state index contributed by atoms with van der Waals surface area (Å²) in [5, 5.41) is 9.39. The maximum absolute atomic E-state index is 13.5. The van der Waals surface area contributed by atoms with Crippen LogP contribution in [0.3, 0.4) is 0 Å². The predicted molar refractivity (Wildman–Crippen MR) is 172 cm³/mol. The smallest absolute Gasteiger partial charge is 0.419 e. The van der Waals surface area contributed by atoms with Gasteiger partial charge in [-0.2, -0.15) is 0 Å². The molecular formula is C36H36N4O6. The van der Waals surface area contributed by atoms with Crippen LogP contribution in [0, 0.1) is 0 Å². The second-order valence-corrected chi connectivity index (χ2v) is 12.5. The van der Waals surface area contributed by atoms with Crippen molar-refractivity contribution in [3.63, 3.8) is 0 Å². The standard InChI is InChI=1S/C36H36N4O6/c1-23(41)19-24-12-14-26(15-13-24)31-21-28-20-27(16-17-29(28)40(31)35(43)46-36(2,3)4)32-37-38-33(45-32)30-11-8-18-39(30)34(42)44-22-25-9-6-5-7-10-25/h5-7,9-10,12-17,20-21,30H,8,11,18-19,22H2,1-4H3/t30-/m0/s1. The Kier molecular flexibility index (Phi) is 8.44. The third-order valence-electron chi connectivity index (χ3n) is 7.75. The topological polar surface area (TPSA) is 117 Å². The minimum atomic E-state index is -0.696. The molecule has 1 aliphatic heterocycles. The van der Waals surface area contributed by atoms with Crippen molar-refractivity contribution < 1.29 is 28.3 Å². The molecule has 0 bridgehead atoms. The van der Waals surface area contributed by atoms with Crippen molar-refractivity contribution in [3.05, 3.63) is 95.9 Å². The summed E-state index contributed by atoms with van der Waals surface area (Å²) in [6.07, 6.45) is 0.912. The van der Waals surface area contributed by atoms with E-state index in [1.807, 2.05) is 99.6 Å². The van der Waals surface area contributed by atoms with Crippen LogP contribution < -0.4 is 0 Å². The molecule has 3 heterocycles. The number of carbonyl (C=O) groups is 3. The minimum absolute atomic E-state index is 0.0796. The molecule has 1 amide bonds. The van der Waals surface area contributed by atoms with Crippen LogP contribution in [0.15, 0.2) is 83.3 Å². The number of Topliss-reactive ketones (excluding diaryl/α,β-unsaturated/α-hetero) is 1. The minimum Gasteiger partial charge on any atom is -0.445 e. The zero-order chi connectivity index (χ0) is 32.4. The van der Waals surface area contributed by atoms with Gasteiger partial charge in [0.2, 0.25) is 11.8 Å². The van der Waals surface area contributed by atoms with Gasteiger partial charge >= 0.3 is 12.2 Å². The number of likely N-dealkylation sites (tertiary alicyclic amines) is 1. The van der Waals surface area contributed by atoms with Crippen molar-refractivity contribution in [1.29, 1.82) is 0 Å². The van der Waals surface area contributed by atoms with E-state index in [4.69, 9.17) is 13.9 Å². The summed E-state index contributed by atoms with van der Waals surface area (Å²) in [5.41, 5.74) is 3.90. The lowest BCUT2D eigenvalue weighted by Gasteiger charge is -2.21. The second-order valence-electron chi connectivity index (χ2n) is 12.5. The fourth-order valence-corrected chi connectivity index (χ4v) is 5.68. The average Bonchev–Trinajstić information content (AvgIpc) is 3.78. The lowest BCUT2D eigenvalue weighted by molar-refractivity contribution is -0.116. The summed E-state index contributed by atoms with van der Waals surface area (Å²) in [6, 6.07) is 24.2. The Morgan fingerprint density at radius 1 is 0.891 bits per heavy atom. The second kappa shape index (κ2) is 12.6. The lowest BCUT2D eigenvalue weighted by atomic mass is 10.1. The normalized spacial score (nSPS) is 14.9. The van der Waals surface area contributed by atoms with E-state index in [2.05, 4.69) is 10.2 Å². The van der Waals surface area contributed by atoms with E-state index < -0.39 is 17.8 Å². The van der Waals surface area contributed by atoms with E-state index in [9.17, 15) is 14.4 Å². The summed E-state index contributed by atoms with van der Waals surface area (Å²) < 4.78 is 19.0. The molecule has 10 heteroatoms. The van der Waals surface area contributed by atoms with E-state index >= 15 is 0 Å². The number of hydrogen-bond donors (Lipinski definition) is 0. The summed E-state index contributed by atoms with van der Waals surface area (Å²) in [4.78, 5) is 39.7. The first-order chi connectivity index (χ1) is 22.1. The van der Waals surface area contributed by atoms with Crippen LogP contribution in [0.1, 0.15) is 63.6 Å². The van der Waals surface area contributed by atoms with E-state index in [1.54, 1.807) is 16.4 Å². The summed E-state index contributed by atoms with van der Waals surface area (Å²) in [6.45, 7) is 7.76. The SMILES string of the molecule is CC(=O)Cc1ccc(-c2cc3cc(-c4nnc([C@@H]5CCCN5C(=O)OCc5ccccc5)o4)ccc3n2C(=O)OC(C)(C)C)cc1. The highest BCUT2D eigenvalue weighted by Gasteiger charge is 2.35. The number of fused-ring (bicyclic) bond motifs is 1. The number of nitrogens with zero attached hydrogens (tertiary/aromatic N) is 4. The number of benzene rings is 3. The first-order valence-electron chi connectivity index (χ1n) is 15.3. The largest absolute Gasteiger partial charge is 0.445 e. The van der Waals surface area contributed by atoms with Crippen molar-refractivity contribution in [2.45, 2.75) is 65.2 Å². The molecule has 1 atom stereocenters. The van der Waals surface area contributed by atoms with E-state index in [0.717, 1.165) is 28.5 Å². The molecule has 0 spiro atoms. The number of rotatable bonds is 7. The molecule has 6 rings (SSSR count). The number of ether oxygens (including phenoxy) is 2. The van der Waals surface area contributed by atoms with Crippen LogP contribution in [0.4, 0.5) is 9.59 Å². The molecule has 236 valence electrons. The van der Waals surface area contributed by atoms with Crippen LogP contribution >= 0.6 is 0 Å². The molecule has 1 fully saturated rings. The van der Waals surface area contributed by atoms with Crippen LogP contribution in [0.25, 0.3) is 33.6 Å². The monoisotopic (exact) mass is 620 g/mol. The van der Waals surface area contributed by atoms with Gasteiger partial charge in [0, 0.05) is 23.9 Å². The molecule has 1 aliphatic rings. The number of carbonyl (C=O) groups excluding carboxylic acids is 3. The van der Waals surface area contributed by atoms with Gasteiger partial charge in [0.25, 0.3) is 0 Å². The zero-order valence-electron chi connectivity index (χ0n) is 26.4. The van der Waals surface area contributed by atoms with E-state index in [0.29, 0.717) is 47.9 Å². The van der Waals surface area contributed by atoms with Crippen molar-refractivity contribution in [3.8, 4) is 22.7 Å². The Morgan fingerprint density at radius 2 is 1.63 bits per heavy atom. The average molecular weight is 621 g/mol. The molecule has 0 saturated carbocycles. The summed E-state index contributed by atoms with van der Waals surface area (Å²) in [7, 11) is 0. The van der Waals surface area contributed by atoms with Crippen molar-refractivity contribution in [2.24, 2.45) is 0 Å². The van der Waals surface area contributed by atoms with Crippen LogP contribution in [-0.4, -0.2) is 49.8 Å². The third-order valence-corrected chi connectivity index (χ3v) is 7.75. The van der Waals surface area contributed by atoms with Crippen molar-refractivity contribution >= 4 is 28.9 Å². The molecule has 46 heavy (non-hydrogen) atoms. The third kappa shape index (κ3) is 6.71. The number of ketones is 1. The Balaban J connectivity index is 1.28. The van der Waals surface area contributed by atoms with Gasteiger partial charge in [0.15, 0.2) is 0 Å². The molecule has 1 saturated heterocycles.